The molecular weight excluding hydrogens is 269 g/mol. The van der Waals surface area contributed by atoms with Crippen molar-refractivity contribution in [3.63, 3.8) is 0 Å². The maximum absolute atomic E-state index is 10.6. The van der Waals surface area contributed by atoms with E-state index in [9.17, 15) is 5.11 Å². The molecular formula is C14H13Cl2NO. The van der Waals surface area contributed by atoms with Crippen LogP contribution in [-0.4, -0.2) is 10.1 Å². The van der Waals surface area contributed by atoms with Crippen LogP contribution in [0.2, 0.25) is 10.0 Å². The van der Waals surface area contributed by atoms with Crippen molar-refractivity contribution >= 4 is 23.2 Å². The molecule has 0 fully saturated rings. The number of halogens is 2. The van der Waals surface area contributed by atoms with E-state index < -0.39 is 5.60 Å². The highest BCUT2D eigenvalue weighted by atomic mass is 35.5. The first-order valence-corrected chi connectivity index (χ1v) is 6.32. The monoisotopic (exact) mass is 281 g/mol. The van der Waals surface area contributed by atoms with Gasteiger partial charge in [-0.25, -0.2) is 0 Å². The lowest BCUT2D eigenvalue weighted by atomic mass is 9.89. The first-order valence-electron chi connectivity index (χ1n) is 5.56. The minimum absolute atomic E-state index is 0.387. The summed E-state index contributed by atoms with van der Waals surface area (Å²) in [6.45, 7) is 1.73. The Morgan fingerprint density at radius 2 is 1.89 bits per heavy atom. The first kappa shape index (κ1) is 13.3. The Bertz CT molecular complexity index is 555. The molecule has 0 aliphatic rings. The lowest BCUT2D eigenvalue weighted by Gasteiger charge is -2.25. The number of benzene rings is 1. The van der Waals surface area contributed by atoms with E-state index in [2.05, 4.69) is 4.98 Å². The van der Waals surface area contributed by atoms with Gasteiger partial charge in [0.05, 0.1) is 10.6 Å². The van der Waals surface area contributed by atoms with Gasteiger partial charge in [-0.05, 0) is 24.6 Å². The SMILES string of the molecule is CC(O)(Cc1ccncc1Cl)c1ccccc1Cl. The summed E-state index contributed by atoms with van der Waals surface area (Å²) in [5, 5.41) is 11.7. The van der Waals surface area contributed by atoms with Gasteiger partial charge < -0.3 is 5.11 Å². The van der Waals surface area contributed by atoms with Crippen LogP contribution in [0.1, 0.15) is 18.1 Å². The van der Waals surface area contributed by atoms with E-state index in [1.165, 1.54) is 0 Å². The lowest BCUT2D eigenvalue weighted by Crippen LogP contribution is -2.24. The maximum Gasteiger partial charge on any atom is 0.0923 e. The van der Waals surface area contributed by atoms with Crippen molar-refractivity contribution in [2.24, 2.45) is 0 Å². The molecule has 2 aromatic rings. The van der Waals surface area contributed by atoms with Crippen molar-refractivity contribution in [2.75, 3.05) is 0 Å². The smallest absolute Gasteiger partial charge is 0.0923 e. The minimum atomic E-state index is -1.07. The summed E-state index contributed by atoms with van der Waals surface area (Å²) in [5.74, 6) is 0. The Balaban J connectivity index is 2.33. The van der Waals surface area contributed by atoms with Crippen molar-refractivity contribution < 1.29 is 5.11 Å². The molecule has 94 valence electrons. The first-order chi connectivity index (χ1) is 8.50. The van der Waals surface area contributed by atoms with Crippen LogP contribution in [-0.2, 0) is 12.0 Å². The fourth-order valence-electron chi connectivity index (χ4n) is 1.91. The van der Waals surface area contributed by atoms with Gasteiger partial charge in [-0.3, -0.25) is 4.98 Å². The van der Waals surface area contributed by atoms with E-state index in [0.717, 1.165) is 5.56 Å². The van der Waals surface area contributed by atoms with Crippen LogP contribution in [0.5, 0.6) is 0 Å². The Kier molecular flexibility index (Phi) is 3.91. The van der Waals surface area contributed by atoms with Crippen molar-refractivity contribution in [3.05, 3.63) is 63.9 Å². The number of aliphatic hydroxyl groups is 1. The second kappa shape index (κ2) is 5.27. The summed E-state index contributed by atoms with van der Waals surface area (Å²) in [4.78, 5) is 3.93. The van der Waals surface area contributed by atoms with Crippen LogP contribution in [0.15, 0.2) is 42.7 Å². The fraction of sp³-hybridized carbons (Fsp3) is 0.214. The van der Waals surface area contributed by atoms with Gasteiger partial charge in [-0.2, -0.15) is 0 Å². The zero-order valence-electron chi connectivity index (χ0n) is 9.90. The molecule has 0 aliphatic heterocycles. The zero-order chi connectivity index (χ0) is 13.2. The Labute approximate surface area is 116 Å². The van der Waals surface area contributed by atoms with Crippen molar-refractivity contribution in [1.82, 2.24) is 4.98 Å². The van der Waals surface area contributed by atoms with Crippen LogP contribution in [0.25, 0.3) is 0 Å². The summed E-state index contributed by atoms with van der Waals surface area (Å²) >= 11 is 12.2. The second-order valence-electron chi connectivity index (χ2n) is 4.40. The molecule has 2 nitrogen and oxygen atoms in total. The van der Waals surface area contributed by atoms with E-state index in [0.29, 0.717) is 22.0 Å². The van der Waals surface area contributed by atoms with Gasteiger partial charge in [-0.1, -0.05) is 41.4 Å². The van der Waals surface area contributed by atoms with E-state index >= 15 is 0 Å². The highest BCUT2D eigenvalue weighted by Crippen LogP contribution is 2.32. The molecule has 0 aliphatic carbocycles. The number of pyridine rings is 1. The average Bonchev–Trinajstić information content (AvgIpc) is 2.32. The highest BCUT2D eigenvalue weighted by molar-refractivity contribution is 6.31. The third kappa shape index (κ3) is 2.83. The van der Waals surface area contributed by atoms with E-state index in [4.69, 9.17) is 23.2 Å². The molecule has 1 N–H and O–H groups in total. The molecule has 0 saturated heterocycles. The fourth-order valence-corrected chi connectivity index (χ4v) is 2.44. The van der Waals surface area contributed by atoms with Gasteiger partial charge in [0.25, 0.3) is 0 Å². The predicted molar refractivity (Wildman–Crippen MR) is 74.0 cm³/mol. The summed E-state index contributed by atoms with van der Waals surface area (Å²) in [7, 11) is 0. The van der Waals surface area contributed by atoms with E-state index in [1.807, 2.05) is 18.2 Å². The molecule has 1 heterocycles. The topological polar surface area (TPSA) is 33.1 Å². The van der Waals surface area contributed by atoms with Crippen molar-refractivity contribution in [3.8, 4) is 0 Å². The maximum atomic E-state index is 10.6. The molecule has 0 spiro atoms. The second-order valence-corrected chi connectivity index (χ2v) is 5.21. The lowest BCUT2D eigenvalue weighted by molar-refractivity contribution is 0.0577. The summed E-state index contributed by atoms with van der Waals surface area (Å²) in [6.07, 6.45) is 3.61. The van der Waals surface area contributed by atoms with Gasteiger partial charge in [0.15, 0.2) is 0 Å². The van der Waals surface area contributed by atoms with Crippen LogP contribution < -0.4 is 0 Å². The predicted octanol–water partition coefficient (Wildman–Crippen LogP) is 3.84. The van der Waals surface area contributed by atoms with Crippen LogP contribution in [0.3, 0.4) is 0 Å². The molecule has 0 radical (unpaired) electrons. The standard InChI is InChI=1S/C14H13Cl2NO/c1-14(18,11-4-2-3-5-12(11)15)8-10-6-7-17-9-13(10)16/h2-7,9,18H,8H2,1H3. The quantitative estimate of drug-likeness (QED) is 0.927. The Morgan fingerprint density at radius 3 is 2.56 bits per heavy atom. The number of hydrogen-bond acceptors (Lipinski definition) is 2. The van der Waals surface area contributed by atoms with Crippen molar-refractivity contribution in [2.45, 2.75) is 18.9 Å². The summed E-state index contributed by atoms with van der Waals surface area (Å²) < 4.78 is 0. The van der Waals surface area contributed by atoms with Crippen molar-refractivity contribution in [1.29, 1.82) is 0 Å². The molecule has 1 aromatic carbocycles. The third-order valence-electron chi connectivity index (χ3n) is 2.85. The minimum Gasteiger partial charge on any atom is -0.385 e. The molecule has 0 amide bonds. The molecule has 4 heteroatoms. The summed E-state index contributed by atoms with van der Waals surface area (Å²) in [6, 6.07) is 9.07. The number of rotatable bonds is 3. The number of aromatic nitrogens is 1. The number of hydrogen-bond donors (Lipinski definition) is 1. The average molecular weight is 282 g/mol. The number of nitrogens with zero attached hydrogens (tertiary/aromatic N) is 1. The van der Waals surface area contributed by atoms with Crippen LogP contribution in [0, 0.1) is 0 Å². The Morgan fingerprint density at radius 1 is 1.17 bits per heavy atom. The molecule has 0 bridgehead atoms. The summed E-state index contributed by atoms with van der Waals surface area (Å²) in [5.41, 5.74) is 0.472. The molecule has 1 aromatic heterocycles. The molecule has 0 saturated carbocycles. The zero-order valence-corrected chi connectivity index (χ0v) is 11.4. The largest absolute Gasteiger partial charge is 0.385 e. The molecule has 1 unspecified atom stereocenters. The highest BCUT2D eigenvalue weighted by Gasteiger charge is 2.26. The normalized spacial score (nSPS) is 14.2. The van der Waals surface area contributed by atoms with Crippen LogP contribution in [0.4, 0.5) is 0 Å². The van der Waals surface area contributed by atoms with Gasteiger partial charge >= 0.3 is 0 Å². The van der Waals surface area contributed by atoms with Gasteiger partial charge in [0.1, 0.15) is 0 Å². The van der Waals surface area contributed by atoms with Crippen LogP contribution >= 0.6 is 23.2 Å². The Hall–Kier alpha value is -1.09. The molecule has 1 atom stereocenters. The van der Waals surface area contributed by atoms with E-state index in [1.54, 1.807) is 31.5 Å². The van der Waals surface area contributed by atoms with Gasteiger partial charge in [-0.15, -0.1) is 0 Å². The molecule has 2 rings (SSSR count). The third-order valence-corrected chi connectivity index (χ3v) is 3.52. The van der Waals surface area contributed by atoms with Gasteiger partial charge in [0.2, 0.25) is 0 Å². The van der Waals surface area contributed by atoms with Gasteiger partial charge in [0, 0.05) is 29.4 Å². The van der Waals surface area contributed by atoms with E-state index in [-0.39, 0.29) is 0 Å². The molecule has 18 heavy (non-hydrogen) atoms.